The van der Waals surface area contributed by atoms with E-state index in [1.165, 1.54) is 4.90 Å². The molecule has 0 unspecified atom stereocenters. The molecular weight excluding hydrogens is 711 g/mol. The molecule has 288 valence electrons. The summed E-state index contributed by atoms with van der Waals surface area (Å²) in [6.07, 6.45) is -1.05. The lowest BCUT2D eigenvalue weighted by atomic mass is 9.81. The van der Waals surface area contributed by atoms with E-state index < -0.39 is 35.8 Å². The van der Waals surface area contributed by atoms with Crippen LogP contribution in [0.15, 0.2) is 66.9 Å². The van der Waals surface area contributed by atoms with Crippen LogP contribution in [0.5, 0.6) is 0 Å². The van der Waals surface area contributed by atoms with Gasteiger partial charge in [-0.05, 0) is 112 Å². The predicted molar refractivity (Wildman–Crippen MR) is 191 cm³/mol. The van der Waals surface area contributed by atoms with Gasteiger partial charge in [0.05, 0.1) is 11.7 Å². The van der Waals surface area contributed by atoms with Gasteiger partial charge in [-0.3, -0.25) is 9.59 Å². The number of tetrazole rings is 1. The Labute approximate surface area is 308 Å². The Morgan fingerprint density at radius 1 is 0.981 bits per heavy atom. The van der Waals surface area contributed by atoms with E-state index in [9.17, 15) is 27.6 Å². The van der Waals surface area contributed by atoms with E-state index in [4.69, 9.17) is 26.1 Å². The summed E-state index contributed by atoms with van der Waals surface area (Å²) in [5, 5.41) is 24.0. The summed E-state index contributed by atoms with van der Waals surface area (Å²) in [6, 6.07) is 17.2. The second-order valence-electron chi connectivity index (χ2n) is 13.6. The number of pyridine rings is 1. The molecule has 4 aromatic rings. The first kappa shape index (κ1) is 40.9. The van der Waals surface area contributed by atoms with Crippen LogP contribution < -0.4 is 21.7 Å². The third-order valence-electron chi connectivity index (χ3n) is 8.42. The molecule has 1 aliphatic rings. The number of alkyl carbamates (subject to hydrolysis) is 1. The number of nitrogen functional groups attached to an aromatic ring is 1. The van der Waals surface area contributed by atoms with Crippen molar-refractivity contribution in [2.24, 2.45) is 17.6 Å². The van der Waals surface area contributed by atoms with Gasteiger partial charge < -0.3 is 26.6 Å². The number of nitrogens with two attached hydrogens (primary N) is 2. The molecule has 2 heterocycles. The Balaban J connectivity index is 0.000000845. The highest BCUT2D eigenvalue weighted by Crippen LogP contribution is 2.32. The molecule has 1 atom stereocenters. The van der Waals surface area contributed by atoms with E-state index >= 15 is 0 Å². The van der Waals surface area contributed by atoms with Gasteiger partial charge in [-0.1, -0.05) is 24.3 Å². The summed E-state index contributed by atoms with van der Waals surface area (Å²) in [4.78, 5) is 54.4. The number of halogens is 3. The van der Waals surface area contributed by atoms with Crippen molar-refractivity contribution in [3.63, 3.8) is 0 Å². The van der Waals surface area contributed by atoms with Crippen molar-refractivity contribution in [2.75, 3.05) is 17.2 Å². The van der Waals surface area contributed by atoms with Crippen molar-refractivity contribution in [2.45, 2.75) is 70.7 Å². The molecule has 3 amide bonds. The molecule has 2 aromatic carbocycles. The largest absolute Gasteiger partial charge is 0.490 e. The Morgan fingerprint density at radius 2 is 1.59 bits per heavy atom. The first-order valence-electron chi connectivity index (χ1n) is 17.0. The Morgan fingerprint density at radius 3 is 2.13 bits per heavy atom. The summed E-state index contributed by atoms with van der Waals surface area (Å²) in [6.45, 7) is 5.92. The van der Waals surface area contributed by atoms with Crippen molar-refractivity contribution in [3.05, 3.63) is 72.4 Å². The summed E-state index contributed by atoms with van der Waals surface area (Å²) in [5.74, 6) is -2.88. The van der Waals surface area contributed by atoms with Crippen LogP contribution in [0.2, 0.25) is 0 Å². The number of carbonyl (C=O) groups excluding carboxylic acids is 3. The highest BCUT2D eigenvalue weighted by Gasteiger charge is 2.38. The number of aliphatic carboxylic acids is 1. The van der Waals surface area contributed by atoms with Crippen molar-refractivity contribution in [3.8, 4) is 22.5 Å². The molecule has 1 fully saturated rings. The van der Waals surface area contributed by atoms with E-state index in [2.05, 4.69) is 30.9 Å². The molecule has 54 heavy (non-hydrogen) atoms. The lowest BCUT2D eigenvalue weighted by Crippen LogP contribution is -2.50. The third kappa shape index (κ3) is 11.5. The topological polar surface area (TPSA) is 232 Å². The molecule has 2 aromatic heterocycles. The molecule has 1 saturated carbocycles. The van der Waals surface area contributed by atoms with Crippen molar-refractivity contribution < 1.29 is 42.2 Å². The van der Waals surface area contributed by atoms with Crippen LogP contribution >= 0.6 is 0 Å². The van der Waals surface area contributed by atoms with Crippen molar-refractivity contribution >= 4 is 35.4 Å². The second kappa shape index (κ2) is 17.7. The summed E-state index contributed by atoms with van der Waals surface area (Å²) in [7, 11) is 0. The standard InChI is InChI=1S/C34H41N9O4.C2HF3O2/c1-34(2,3)47-33(46)38-20-22-8-12-25(13-9-22)31(44)43(26-16-14-24(15-17-26)30-39-41-42-40-30)32(45)28(35)19-21-6-10-23(11-7-21)27-5-4-18-37-29(27)36;3-2(4,5)1(6)7/h4-7,10-11,14-18,22,25,28H,8-9,12-13,19-20,35H2,1-3H3,(H2,36,37)(H,38,46)(H,39,40,41,42);(H,6,7)/t22-,25-,28-;/m0./s1. The first-order chi connectivity index (χ1) is 25.4. The number of hydrogen-bond donors (Lipinski definition) is 5. The van der Waals surface area contributed by atoms with E-state index in [0.29, 0.717) is 42.3 Å². The molecular formula is C36H42F3N9O6. The van der Waals surface area contributed by atoms with Crippen LogP contribution in [0.1, 0.15) is 52.0 Å². The van der Waals surface area contributed by atoms with Gasteiger partial charge in [0, 0.05) is 29.8 Å². The summed E-state index contributed by atoms with van der Waals surface area (Å²) in [5.41, 5.74) is 15.6. The van der Waals surface area contributed by atoms with Crippen LogP contribution in [0.25, 0.3) is 22.5 Å². The minimum Gasteiger partial charge on any atom is -0.475 e. The quantitative estimate of drug-likeness (QED) is 0.154. The maximum Gasteiger partial charge on any atom is 0.490 e. The smallest absolute Gasteiger partial charge is 0.475 e. The van der Waals surface area contributed by atoms with Gasteiger partial charge >= 0.3 is 18.2 Å². The number of aromatic amines is 1. The van der Waals surface area contributed by atoms with Gasteiger partial charge in [0.1, 0.15) is 11.4 Å². The zero-order valence-electron chi connectivity index (χ0n) is 29.8. The van der Waals surface area contributed by atoms with Gasteiger partial charge in [0.2, 0.25) is 11.7 Å². The molecule has 0 bridgehead atoms. The molecule has 0 saturated heterocycles. The van der Waals surface area contributed by atoms with Gasteiger partial charge in [-0.2, -0.15) is 18.4 Å². The predicted octanol–water partition coefficient (Wildman–Crippen LogP) is 4.90. The number of nitrogens with one attached hydrogen (secondary N) is 2. The summed E-state index contributed by atoms with van der Waals surface area (Å²) < 4.78 is 37.1. The number of carbonyl (C=O) groups is 4. The molecule has 15 nitrogen and oxygen atoms in total. The lowest BCUT2D eigenvalue weighted by Gasteiger charge is -2.32. The normalized spacial score (nSPS) is 16.3. The molecule has 0 radical (unpaired) electrons. The maximum absolute atomic E-state index is 14.1. The second-order valence-corrected chi connectivity index (χ2v) is 13.6. The number of carboxylic acid groups (broad SMARTS) is 1. The highest BCUT2D eigenvalue weighted by molar-refractivity contribution is 6.17. The van der Waals surface area contributed by atoms with Gasteiger partial charge in [-0.25, -0.2) is 19.5 Å². The highest BCUT2D eigenvalue weighted by atomic mass is 19.4. The van der Waals surface area contributed by atoms with E-state index in [-0.39, 0.29) is 24.2 Å². The number of rotatable bonds is 9. The zero-order chi connectivity index (χ0) is 39.6. The van der Waals surface area contributed by atoms with Crippen LogP contribution in [0.3, 0.4) is 0 Å². The van der Waals surface area contributed by atoms with Crippen LogP contribution in [-0.2, 0) is 25.5 Å². The average molecular weight is 754 g/mol. The number of alkyl halides is 3. The number of ether oxygens (including phenoxy) is 1. The number of H-pyrrole nitrogens is 1. The monoisotopic (exact) mass is 753 g/mol. The zero-order valence-corrected chi connectivity index (χ0v) is 29.8. The third-order valence-corrected chi connectivity index (χ3v) is 8.42. The number of hydrogen-bond acceptors (Lipinski definition) is 11. The van der Waals surface area contributed by atoms with E-state index in [1.807, 2.05) is 57.2 Å². The molecule has 5 rings (SSSR count). The fraction of sp³-hybridized carbons (Fsp3) is 0.389. The van der Waals surface area contributed by atoms with Crippen LogP contribution in [0.4, 0.5) is 29.5 Å². The lowest BCUT2D eigenvalue weighted by molar-refractivity contribution is -0.192. The van der Waals surface area contributed by atoms with E-state index in [1.54, 1.807) is 30.5 Å². The average Bonchev–Trinajstić information content (AvgIpc) is 3.66. The molecule has 7 N–H and O–H groups in total. The Kier molecular flexibility index (Phi) is 13.4. The number of nitrogens with zero attached hydrogens (tertiary/aromatic N) is 5. The molecule has 0 aliphatic heterocycles. The number of amides is 3. The van der Waals surface area contributed by atoms with Crippen molar-refractivity contribution in [1.29, 1.82) is 0 Å². The fourth-order valence-corrected chi connectivity index (χ4v) is 5.73. The maximum atomic E-state index is 14.1. The Hall–Kier alpha value is -5.91. The van der Waals surface area contributed by atoms with Crippen LogP contribution in [0, 0.1) is 11.8 Å². The first-order valence-corrected chi connectivity index (χ1v) is 17.0. The Bertz CT molecular complexity index is 1880. The number of anilines is 2. The number of aromatic nitrogens is 5. The molecule has 0 spiro atoms. The minimum absolute atomic E-state index is 0.206. The fourth-order valence-electron chi connectivity index (χ4n) is 5.73. The van der Waals surface area contributed by atoms with Crippen molar-refractivity contribution in [1.82, 2.24) is 30.9 Å². The number of imide groups is 1. The van der Waals surface area contributed by atoms with Crippen LogP contribution in [-0.4, -0.2) is 79.0 Å². The number of benzene rings is 2. The SMILES string of the molecule is CC(C)(C)OC(=O)NC[C@H]1CC[C@H](C(=O)N(C(=O)[C@@H](N)Cc2ccc(-c3cccnc3N)cc2)c2ccc(-c3nn[nH]n3)cc2)CC1.O=C(O)C(F)(F)F. The molecule has 18 heteroatoms. The number of carboxylic acids is 1. The van der Waals surface area contributed by atoms with Gasteiger partial charge in [-0.15, -0.1) is 10.2 Å². The van der Waals surface area contributed by atoms with Gasteiger partial charge in [0.15, 0.2) is 0 Å². The molecule has 1 aliphatic carbocycles. The minimum atomic E-state index is -5.08. The van der Waals surface area contributed by atoms with Gasteiger partial charge in [0.25, 0.3) is 5.91 Å². The summed E-state index contributed by atoms with van der Waals surface area (Å²) >= 11 is 0. The van der Waals surface area contributed by atoms with E-state index in [0.717, 1.165) is 29.5 Å².